The van der Waals surface area contributed by atoms with Crippen LogP contribution in [-0.4, -0.2) is 31.5 Å². The first-order valence-corrected chi connectivity index (χ1v) is 8.57. The first-order valence-electron chi connectivity index (χ1n) is 8.16. The van der Waals surface area contributed by atoms with E-state index in [1.165, 1.54) is 12.1 Å². The highest BCUT2D eigenvalue weighted by Gasteiger charge is 2.30. The Morgan fingerprint density at radius 1 is 1.07 bits per heavy atom. The van der Waals surface area contributed by atoms with Gasteiger partial charge in [0.1, 0.15) is 25.6 Å². The maximum absolute atomic E-state index is 12.7. The van der Waals surface area contributed by atoms with Crippen molar-refractivity contribution in [3.05, 3.63) is 48.0 Å². The van der Waals surface area contributed by atoms with Crippen LogP contribution in [0.15, 0.2) is 42.5 Å². The van der Waals surface area contributed by atoms with Crippen LogP contribution in [-0.2, 0) is 6.18 Å². The number of benzene rings is 2. The predicted molar refractivity (Wildman–Crippen MR) is 98.6 cm³/mol. The van der Waals surface area contributed by atoms with Crippen LogP contribution in [0.4, 0.5) is 18.9 Å². The molecule has 1 heterocycles. The fraction of sp³-hybridized carbons (Fsp3) is 0.278. The zero-order chi connectivity index (χ0) is 19.3. The minimum Gasteiger partial charge on any atom is -0.492 e. The summed E-state index contributed by atoms with van der Waals surface area (Å²) in [6, 6.07) is 10.1. The number of ether oxygens (including phenoxy) is 3. The van der Waals surface area contributed by atoms with Crippen molar-refractivity contribution in [3.8, 4) is 17.2 Å². The molecule has 144 valence electrons. The van der Waals surface area contributed by atoms with Crippen molar-refractivity contribution >= 4 is 23.0 Å². The summed E-state index contributed by atoms with van der Waals surface area (Å²) in [7, 11) is 0. The van der Waals surface area contributed by atoms with Crippen molar-refractivity contribution in [3.63, 3.8) is 0 Å². The van der Waals surface area contributed by atoms with Gasteiger partial charge in [-0.1, -0.05) is 6.07 Å². The summed E-state index contributed by atoms with van der Waals surface area (Å²) in [6.45, 7) is 1.49. The van der Waals surface area contributed by atoms with Crippen LogP contribution >= 0.6 is 12.2 Å². The van der Waals surface area contributed by atoms with Gasteiger partial charge >= 0.3 is 6.18 Å². The Morgan fingerprint density at radius 3 is 2.63 bits per heavy atom. The largest absolute Gasteiger partial charge is 0.492 e. The van der Waals surface area contributed by atoms with Gasteiger partial charge in [-0.3, -0.25) is 0 Å². The molecular formula is C18H17F3N2O3S. The smallest absolute Gasteiger partial charge is 0.416 e. The van der Waals surface area contributed by atoms with Crippen LogP contribution in [0.5, 0.6) is 17.2 Å². The zero-order valence-electron chi connectivity index (χ0n) is 14.1. The van der Waals surface area contributed by atoms with E-state index in [4.69, 9.17) is 26.4 Å². The fourth-order valence-corrected chi connectivity index (χ4v) is 2.61. The Bertz CT molecular complexity index is 815. The van der Waals surface area contributed by atoms with Crippen molar-refractivity contribution in [2.24, 2.45) is 0 Å². The third kappa shape index (κ3) is 5.40. The summed E-state index contributed by atoms with van der Waals surface area (Å²) in [5.74, 6) is 1.47. The van der Waals surface area contributed by atoms with Crippen LogP contribution < -0.4 is 24.8 Å². The molecule has 9 heteroatoms. The van der Waals surface area contributed by atoms with Gasteiger partial charge in [-0.2, -0.15) is 13.2 Å². The van der Waals surface area contributed by atoms with E-state index in [-0.39, 0.29) is 12.4 Å². The maximum atomic E-state index is 12.7. The summed E-state index contributed by atoms with van der Waals surface area (Å²) >= 11 is 5.19. The Hall–Kier alpha value is -2.68. The molecule has 27 heavy (non-hydrogen) atoms. The van der Waals surface area contributed by atoms with E-state index in [1.807, 2.05) is 0 Å². The number of hydrogen-bond acceptors (Lipinski definition) is 4. The van der Waals surface area contributed by atoms with Crippen LogP contribution in [0.3, 0.4) is 0 Å². The lowest BCUT2D eigenvalue weighted by Gasteiger charge is -2.19. The Balaban J connectivity index is 1.44. The number of halogens is 3. The predicted octanol–water partition coefficient (Wildman–Crippen LogP) is 3.84. The molecule has 0 radical (unpaired) electrons. The third-order valence-electron chi connectivity index (χ3n) is 3.62. The first kappa shape index (κ1) is 19.1. The number of thiocarbonyl (C=S) groups is 1. The number of rotatable bonds is 5. The van der Waals surface area contributed by atoms with Crippen molar-refractivity contribution in [2.75, 3.05) is 31.7 Å². The zero-order valence-corrected chi connectivity index (χ0v) is 15.0. The van der Waals surface area contributed by atoms with Gasteiger partial charge < -0.3 is 24.8 Å². The highest BCUT2D eigenvalue weighted by atomic mass is 32.1. The van der Waals surface area contributed by atoms with Crippen LogP contribution in [0, 0.1) is 0 Å². The van der Waals surface area contributed by atoms with E-state index in [9.17, 15) is 13.2 Å². The fourth-order valence-electron chi connectivity index (χ4n) is 2.39. The van der Waals surface area contributed by atoms with E-state index < -0.39 is 11.7 Å². The minimum atomic E-state index is -4.40. The van der Waals surface area contributed by atoms with Crippen molar-refractivity contribution < 1.29 is 27.4 Å². The number of fused-ring (bicyclic) bond motifs is 1. The molecule has 0 bridgehead atoms. The summed E-state index contributed by atoms with van der Waals surface area (Å²) in [4.78, 5) is 0. The molecule has 2 aromatic carbocycles. The molecule has 0 unspecified atom stereocenters. The van der Waals surface area contributed by atoms with E-state index in [1.54, 1.807) is 18.2 Å². The Labute approximate surface area is 159 Å². The molecule has 2 aromatic rings. The quantitative estimate of drug-likeness (QED) is 0.590. The minimum absolute atomic E-state index is 0.150. The van der Waals surface area contributed by atoms with E-state index in [2.05, 4.69) is 10.6 Å². The number of hydrogen-bond donors (Lipinski definition) is 2. The lowest BCUT2D eigenvalue weighted by Crippen LogP contribution is -2.32. The summed E-state index contributed by atoms with van der Waals surface area (Å²) in [5, 5.41) is 6.29. The van der Waals surface area contributed by atoms with Gasteiger partial charge in [0, 0.05) is 11.8 Å². The topological polar surface area (TPSA) is 51.8 Å². The van der Waals surface area contributed by atoms with Crippen molar-refractivity contribution in [1.82, 2.24) is 5.32 Å². The summed E-state index contributed by atoms with van der Waals surface area (Å²) < 4.78 is 54.3. The molecule has 5 nitrogen and oxygen atoms in total. The number of nitrogens with one attached hydrogen (secondary N) is 2. The number of alkyl halides is 3. The standard InChI is InChI=1S/C18H17F3N2O3S/c19-18(20,21)12-2-1-3-14(10-12)24-7-6-22-17(27)23-13-4-5-15-16(11-13)26-9-8-25-15/h1-5,10-11H,6-9H2,(H2,22,23,27). The lowest BCUT2D eigenvalue weighted by molar-refractivity contribution is -0.137. The molecule has 1 aliphatic heterocycles. The first-order chi connectivity index (χ1) is 12.9. The maximum Gasteiger partial charge on any atom is 0.416 e. The van der Waals surface area contributed by atoms with E-state index in [0.717, 1.165) is 17.8 Å². The molecule has 0 spiro atoms. The highest BCUT2D eigenvalue weighted by molar-refractivity contribution is 7.80. The molecule has 1 aliphatic rings. The van der Waals surface area contributed by atoms with Gasteiger partial charge in [-0.25, -0.2) is 0 Å². The second-order valence-electron chi connectivity index (χ2n) is 5.61. The Kier molecular flexibility index (Phi) is 5.90. The summed E-state index contributed by atoms with van der Waals surface area (Å²) in [5.41, 5.74) is -0.0145. The van der Waals surface area contributed by atoms with Gasteiger partial charge in [0.05, 0.1) is 12.1 Å². The van der Waals surface area contributed by atoms with Gasteiger partial charge in [-0.05, 0) is 42.5 Å². The molecule has 0 saturated heterocycles. The highest BCUT2D eigenvalue weighted by Crippen LogP contribution is 2.33. The molecule has 0 saturated carbocycles. The van der Waals surface area contributed by atoms with E-state index >= 15 is 0 Å². The number of anilines is 1. The molecule has 0 fully saturated rings. The molecular weight excluding hydrogens is 381 g/mol. The van der Waals surface area contributed by atoms with Crippen LogP contribution in [0.25, 0.3) is 0 Å². The Morgan fingerprint density at radius 2 is 1.85 bits per heavy atom. The SMILES string of the molecule is FC(F)(F)c1cccc(OCCNC(=S)Nc2ccc3c(c2)OCCO3)c1. The third-order valence-corrected chi connectivity index (χ3v) is 3.86. The molecule has 2 N–H and O–H groups in total. The van der Waals surface area contributed by atoms with E-state index in [0.29, 0.717) is 36.4 Å². The molecule has 0 amide bonds. The van der Waals surface area contributed by atoms with Gasteiger partial charge in [0.15, 0.2) is 16.6 Å². The van der Waals surface area contributed by atoms with Gasteiger partial charge in [0.25, 0.3) is 0 Å². The molecule has 0 aliphatic carbocycles. The van der Waals surface area contributed by atoms with Gasteiger partial charge in [-0.15, -0.1) is 0 Å². The van der Waals surface area contributed by atoms with Crippen molar-refractivity contribution in [1.29, 1.82) is 0 Å². The van der Waals surface area contributed by atoms with Gasteiger partial charge in [0.2, 0.25) is 0 Å². The second kappa shape index (κ2) is 8.34. The molecule has 3 rings (SSSR count). The van der Waals surface area contributed by atoms with Crippen LogP contribution in [0.2, 0.25) is 0 Å². The average Bonchev–Trinajstić information content (AvgIpc) is 2.65. The normalized spacial score (nSPS) is 13.0. The van der Waals surface area contributed by atoms with Crippen LogP contribution in [0.1, 0.15) is 5.56 Å². The monoisotopic (exact) mass is 398 g/mol. The average molecular weight is 398 g/mol. The molecule has 0 atom stereocenters. The second-order valence-corrected chi connectivity index (χ2v) is 6.02. The lowest BCUT2D eigenvalue weighted by atomic mass is 10.2. The molecule has 0 aromatic heterocycles. The van der Waals surface area contributed by atoms with Crippen molar-refractivity contribution in [2.45, 2.75) is 6.18 Å². The summed E-state index contributed by atoms with van der Waals surface area (Å²) in [6.07, 6.45) is -4.40.